The first kappa shape index (κ1) is 22.6. The number of rotatable bonds is 8. The lowest BCUT2D eigenvalue weighted by molar-refractivity contribution is 0.0607. The van der Waals surface area contributed by atoms with Gasteiger partial charge in [0.2, 0.25) is 5.78 Å². The number of methoxy groups -OCH3 is 1. The summed E-state index contributed by atoms with van der Waals surface area (Å²) in [5.41, 5.74) is 1.79. The third-order valence-electron chi connectivity index (χ3n) is 4.18. The van der Waals surface area contributed by atoms with E-state index in [9.17, 15) is 14.9 Å². The number of nitrogens with zero attached hydrogens (tertiary/aromatic N) is 1. The lowest BCUT2D eigenvalue weighted by Gasteiger charge is -2.06. The number of allylic oxidation sites excluding steroid dienone is 1. The van der Waals surface area contributed by atoms with Crippen molar-refractivity contribution in [3.63, 3.8) is 0 Å². The third kappa shape index (κ3) is 5.98. The van der Waals surface area contributed by atoms with Gasteiger partial charge in [-0.05, 0) is 47.3 Å². The molecule has 0 fully saturated rings. The maximum absolute atomic E-state index is 12.8. The lowest BCUT2D eigenvalue weighted by atomic mass is 10.0. The summed E-state index contributed by atoms with van der Waals surface area (Å²) in [6.45, 7) is 0. The van der Waals surface area contributed by atoms with Gasteiger partial charge in [0, 0.05) is 27.4 Å². The Kier molecular flexibility index (Phi) is 7.90. The van der Waals surface area contributed by atoms with E-state index < -0.39 is 11.8 Å². The lowest BCUT2D eigenvalue weighted by Crippen LogP contribution is -2.06. The van der Waals surface area contributed by atoms with Crippen molar-refractivity contribution in [2.45, 2.75) is 10.6 Å². The van der Waals surface area contributed by atoms with Crippen LogP contribution in [0.15, 0.2) is 76.6 Å². The Morgan fingerprint density at radius 3 is 2.71 bits per heavy atom. The van der Waals surface area contributed by atoms with E-state index in [-0.39, 0.29) is 5.57 Å². The van der Waals surface area contributed by atoms with Gasteiger partial charge >= 0.3 is 5.97 Å². The quantitative estimate of drug-likeness (QED) is 0.140. The van der Waals surface area contributed by atoms with Crippen LogP contribution in [0, 0.1) is 11.3 Å². The molecule has 5 nitrogen and oxygen atoms in total. The summed E-state index contributed by atoms with van der Waals surface area (Å²) >= 11 is 8.75. The molecule has 3 rings (SSSR count). The molecule has 0 amide bonds. The first-order valence-electron chi connectivity index (χ1n) is 9.06. The largest absolute Gasteiger partial charge is 0.465 e. The highest BCUT2D eigenvalue weighted by Crippen LogP contribution is 2.26. The SMILES string of the molecule is COC(=O)c1sccc1N/C=C(\C#N)C(=O)c1cccc(CSc2ccc(Cl)cc2)c1. The molecule has 0 bridgehead atoms. The Morgan fingerprint density at radius 2 is 2.00 bits per heavy atom. The van der Waals surface area contributed by atoms with Crippen LogP contribution in [-0.2, 0) is 10.5 Å². The average Bonchev–Trinajstić information content (AvgIpc) is 3.27. The zero-order chi connectivity index (χ0) is 22.2. The fourth-order valence-corrected chi connectivity index (χ4v) is 4.37. The molecule has 0 atom stereocenters. The molecule has 0 aliphatic rings. The van der Waals surface area contributed by atoms with Crippen LogP contribution in [0.4, 0.5) is 5.69 Å². The number of thioether (sulfide) groups is 1. The van der Waals surface area contributed by atoms with Crippen LogP contribution in [0.2, 0.25) is 5.02 Å². The van der Waals surface area contributed by atoms with Crippen molar-refractivity contribution in [2.75, 3.05) is 12.4 Å². The van der Waals surface area contributed by atoms with E-state index in [1.807, 2.05) is 36.4 Å². The fraction of sp³-hybridized carbons (Fsp3) is 0.0870. The van der Waals surface area contributed by atoms with Gasteiger partial charge in [0.1, 0.15) is 16.5 Å². The van der Waals surface area contributed by atoms with Crippen molar-refractivity contribution in [1.29, 1.82) is 5.26 Å². The molecule has 156 valence electrons. The molecule has 0 aliphatic heterocycles. The van der Waals surface area contributed by atoms with Crippen LogP contribution in [0.5, 0.6) is 0 Å². The van der Waals surface area contributed by atoms with Crippen LogP contribution in [-0.4, -0.2) is 18.9 Å². The predicted octanol–water partition coefficient (Wildman–Crippen LogP) is 6.18. The summed E-state index contributed by atoms with van der Waals surface area (Å²) in [5, 5.41) is 14.7. The van der Waals surface area contributed by atoms with Gasteiger partial charge in [-0.3, -0.25) is 4.79 Å². The summed E-state index contributed by atoms with van der Waals surface area (Å²) in [7, 11) is 1.30. The predicted molar refractivity (Wildman–Crippen MR) is 125 cm³/mol. The number of thiophene rings is 1. The number of anilines is 1. The molecule has 2 aromatic carbocycles. The molecule has 0 saturated carbocycles. The minimum Gasteiger partial charge on any atom is -0.465 e. The summed E-state index contributed by atoms with van der Waals surface area (Å²) in [5.74, 6) is -0.214. The number of ketones is 1. The van der Waals surface area contributed by atoms with E-state index in [1.165, 1.54) is 24.6 Å². The molecule has 31 heavy (non-hydrogen) atoms. The number of hydrogen-bond acceptors (Lipinski definition) is 7. The van der Waals surface area contributed by atoms with E-state index in [1.54, 1.807) is 41.4 Å². The van der Waals surface area contributed by atoms with E-state index in [0.717, 1.165) is 10.5 Å². The van der Waals surface area contributed by atoms with E-state index in [2.05, 4.69) is 5.32 Å². The molecule has 0 spiro atoms. The summed E-state index contributed by atoms with van der Waals surface area (Å²) < 4.78 is 4.73. The second kappa shape index (κ2) is 10.8. The molecule has 1 heterocycles. The van der Waals surface area contributed by atoms with Crippen molar-refractivity contribution < 1.29 is 14.3 Å². The highest BCUT2D eigenvalue weighted by molar-refractivity contribution is 7.98. The number of carbonyl (C=O) groups is 2. The van der Waals surface area contributed by atoms with Crippen LogP contribution in [0.1, 0.15) is 25.6 Å². The normalized spacial score (nSPS) is 10.9. The van der Waals surface area contributed by atoms with Crippen LogP contribution in [0.3, 0.4) is 0 Å². The zero-order valence-corrected chi connectivity index (χ0v) is 18.8. The molecule has 3 aromatic rings. The van der Waals surface area contributed by atoms with Gasteiger partial charge in [-0.1, -0.05) is 29.8 Å². The Hall–Kier alpha value is -3.05. The molecule has 0 unspecified atom stereocenters. The van der Waals surface area contributed by atoms with Gasteiger partial charge in [0.25, 0.3) is 0 Å². The second-order valence-corrected chi connectivity index (χ2v) is 8.64. The maximum atomic E-state index is 12.8. The third-order valence-corrected chi connectivity index (χ3v) is 6.41. The Bertz CT molecular complexity index is 1160. The number of hydrogen-bond donors (Lipinski definition) is 1. The highest BCUT2D eigenvalue weighted by Gasteiger charge is 2.15. The van der Waals surface area contributed by atoms with Crippen LogP contribution < -0.4 is 5.32 Å². The summed E-state index contributed by atoms with van der Waals surface area (Å²) in [6.07, 6.45) is 1.31. The van der Waals surface area contributed by atoms with Crippen molar-refractivity contribution in [2.24, 2.45) is 0 Å². The standard InChI is InChI=1S/C23H17ClN2O3S2/c1-29-23(28)22-20(9-10-30-22)26-13-17(12-25)21(27)16-4-2-3-15(11-16)14-31-19-7-5-18(24)6-8-19/h2-11,13,26H,14H2,1H3/b17-13+. The van der Waals surface area contributed by atoms with Crippen LogP contribution >= 0.6 is 34.7 Å². The van der Waals surface area contributed by atoms with Crippen LogP contribution in [0.25, 0.3) is 0 Å². The minimum atomic E-state index is -0.485. The molecule has 0 aliphatic carbocycles. The summed E-state index contributed by atoms with van der Waals surface area (Å²) in [6, 6.07) is 18.3. The van der Waals surface area contributed by atoms with Crippen molar-refractivity contribution in [1.82, 2.24) is 0 Å². The van der Waals surface area contributed by atoms with Crippen molar-refractivity contribution in [3.05, 3.63) is 92.8 Å². The second-order valence-electron chi connectivity index (χ2n) is 6.24. The number of halogens is 1. The molecular formula is C23H17ClN2O3S2. The van der Waals surface area contributed by atoms with E-state index >= 15 is 0 Å². The van der Waals surface area contributed by atoms with Crippen molar-refractivity contribution in [3.8, 4) is 6.07 Å². The molecule has 1 aromatic heterocycles. The number of ether oxygens (including phenoxy) is 1. The zero-order valence-electron chi connectivity index (χ0n) is 16.4. The number of Topliss-reactive ketones (excluding diaryl/α,β-unsaturated/α-hetero) is 1. The maximum Gasteiger partial charge on any atom is 0.350 e. The number of nitrogens with one attached hydrogen (secondary N) is 1. The molecule has 0 saturated heterocycles. The van der Waals surface area contributed by atoms with Crippen molar-refractivity contribution >= 4 is 52.1 Å². The molecular weight excluding hydrogens is 452 g/mol. The van der Waals surface area contributed by atoms with Gasteiger partial charge in [0.05, 0.1) is 12.8 Å². The molecule has 8 heteroatoms. The van der Waals surface area contributed by atoms with Gasteiger partial charge in [-0.25, -0.2) is 4.79 Å². The Labute approximate surface area is 193 Å². The Morgan fingerprint density at radius 1 is 1.23 bits per heavy atom. The number of nitriles is 1. The monoisotopic (exact) mass is 468 g/mol. The highest BCUT2D eigenvalue weighted by atomic mass is 35.5. The topological polar surface area (TPSA) is 79.2 Å². The first-order chi connectivity index (χ1) is 15.0. The smallest absolute Gasteiger partial charge is 0.350 e. The molecule has 0 radical (unpaired) electrons. The average molecular weight is 469 g/mol. The Balaban J connectivity index is 1.72. The van der Waals surface area contributed by atoms with E-state index in [4.69, 9.17) is 16.3 Å². The van der Waals surface area contributed by atoms with Gasteiger partial charge in [0.15, 0.2) is 0 Å². The van der Waals surface area contributed by atoms with E-state index in [0.29, 0.717) is 26.9 Å². The van der Waals surface area contributed by atoms with Gasteiger partial charge in [-0.15, -0.1) is 23.1 Å². The fourth-order valence-electron chi connectivity index (χ4n) is 2.63. The van der Waals surface area contributed by atoms with Gasteiger partial charge < -0.3 is 10.1 Å². The van der Waals surface area contributed by atoms with Gasteiger partial charge in [-0.2, -0.15) is 5.26 Å². The minimum absolute atomic E-state index is 0.0653. The first-order valence-corrected chi connectivity index (χ1v) is 11.3. The number of esters is 1. The number of benzene rings is 2. The number of carbonyl (C=O) groups excluding carboxylic acids is 2. The molecule has 1 N–H and O–H groups in total. The summed E-state index contributed by atoms with van der Waals surface area (Å²) in [4.78, 5) is 26.0.